The van der Waals surface area contributed by atoms with E-state index in [4.69, 9.17) is 4.74 Å². The van der Waals surface area contributed by atoms with Gasteiger partial charge in [0.15, 0.2) is 0 Å². The number of rotatable bonds is 3. The fraction of sp³-hybridized carbons (Fsp3) is 0.879. The molecule has 5 aliphatic rings. The van der Waals surface area contributed by atoms with E-state index in [0.717, 1.165) is 50.0 Å². The molecule has 0 aliphatic heterocycles. The normalized spacial score (nSPS) is 49.1. The van der Waals surface area contributed by atoms with Crippen molar-refractivity contribution in [3.8, 4) is 0 Å². The lowest BCUT2D eigenvalue weighted by Gasteiger charge is -2.72. The lowest BCUT2D eigenvalue weighted by atomic mass is 9.32. The van der Waals surface area contributed by atoms with Gasteiger partial charge in [-0.25, -0.2) is 5.06 Å². The van der Waals surface area contributed by atoms with Gasteiger partial charge in [0, 0.05) is 19.4 Å². The molecule has 10 atom stereocenters. The zero-order chi connectivity index (χ0) is 28.1. The smallest absolute Gasteiger partial charge is 0.302 e. The van der Waals surface area contributed by atoms with Gasteiger partial charge in [0.25, 0.3) is 5.91 Å². The van der Waals surface area contributed by atoms with Crippen molar-refractivity contribution in [1.29, 1.82) is 0 Å². The fourth-order valence-corrected chi connectivity index (χ4v) is 12.2. The Kier molecular flexibility index (Phi) is 6.54. The predicted molar refractivity (Wildman–Crippen MR) is 149 cm³/mol. The van der Waals surface area contributed by atoms with Gasteiger partial charge in [0.1, 0.15) is 6.10 Å². The number of ether oxygens (including phenoxy) is 1. The molecule has 5 aliphatic carbocycles. The second kappa shape index (κ2) is 8.82. The van der Waals surface area contributed by atoms with Crippen molar-refractivity contribution < 1.29 is 19.5 Å². The van der Waals surface area contributed by atoms with E-state index in [0.29, 0.717) is 23.7 Å². The van der Waals surface area contributed by atoms with Crippen LogP contribution >= 0.6 is 0 Å². The van der Waals surface area contributed by atoms with Crippen molar-refractivity contribution in [3.05, 3.63) is 12.2 Å². The highest BCUT2D eigenvalue weighted by Gasteiger charge is 2.72. The fourth-order valence-electron chi connectivity index (χ4n) is 12.2. The van der Waals surface area contributed by atoms with Crippen molar-refractivity contribution in [2.45, 2.75) is 119 Å². The number of carbonyl (C=O) groups is 2. The summed E-state index contributed by atoms with van der Waals surface area (Å²) in [6.07, 6.45) is 10.6. The number of fused-ring (bicyclic) bond motifs is 7. The molecular weight excluding hydrogens is 474 g/mol. The van der Waals surface area contributed by atoms with Gasteiger partial charge in [0.05, 0.1) is 5.41 Å². The number of esters is 1. The first-order valence-electron chi connectivity index (χ1n) is 15.4. The molecule has 5 rings (SSSR count). The third-order valence-corrected chi connectivity index (χ3v) is 14.0. The molecule has 0 radical (unpaired) electrons. The topological polar surface area (TPSA) is 66.8 Å². The van der Waals surface area contributed by atoms with Gasteiger partial charge in [0.2, 0.25) is 0 Å². The van der Waals surface area contributed by atoms with Gasteiger partial charge < -0.3 is 4.74 Å². The van der Waals surface area contributed by atoms with Gasteiger partial charge in [-0.1, -0.05) is 46.8 Å². The van der Waals surface area contributed by atoms with Crippen LogP contribution < -0.4 is 0 Å². The Bertz CT molecular complexity index is 1020. The Hall–Kier alpha value is -1.36. The summed E-state index contributed by atoms with van der Waals surface area (Å²) in [7, 11) is 1.52. The van der Waals surface area contributed by atoms with Gasteiger partial charge >= 0.3 is 5.97 Å². The van der Waals surface area contributed by atoms with Crippen molar-refractivity contribution in [1.82, 2.24) is 5.06 Å². The van der Waals surface area contributed by atoms with Crippen LogP contribution in [0.3, 0.4) is 0 Å². The number of hydroxylamine groups is 2. The van der Waals surface area contributed by atoms with Crippen LogP contribution in [0.25, 0.3) is 0 Å². The summed E-state index contributed by atoms with van der Waals surface area (Å²) in [5, 5.41) is 11.2. The van der Waals surface area contributed by atoms with E-state index < -0.39 is 5.41 Å². The van der Waals surface area contributed by atoms with Gasteiger partial charge in [-0.2, -0.15) is 0 Å². The van der Waals surface area contributed by atoms with Gasteiger partial charge in [-0.05, 0) is 117 Å². The zero-order valence-electron chi connectivity index (χ0n) is 25.4. The van der Waals surface area contributed by atoms with E-state index in [1.807, 2.05) is 0 Å². The number of allylic oxidation sites excluding steroid dienone is 1. The third-order valence-electron chi connectivity index (χ3n) is 14.0. The largest absolute Gasteiger partial charge is 0.462 e. The second-order valence-electron chi connectivity index (χ2n) is 15.6. The summed E-state index contributed by atoms with van der Waals surface area (Å²) in [5.74, 6) is 2.03. The number of hydrogen-bond acceptors (Lipinski definition) is 4. The minimum absolute atomic E-state index is 0.000881. The highest BCUT2D eigenvalue weighted by Crippen LogP contribution is 2.77. The van der Waals surface area contributed by atoms with Crippen LogP contribution in [0.5, 0.6) is 0 Å². The van der Waals surface area contributed by atoms with Crippen LogP contribution in [0.2, 0.25) is 0 Å². The second-order valence-corrected chi connectivity index (χ2v) is 15.6. The molecule has 5 saturated carbocycles. The summed E-state index contributed by atoms with van der Waals surface area (Å²) in [5.41, 5.74) is 1.30. The molecule has 0 unspecified atom stereocenters. The van der Waals surface area contributed by atoms with E-state index in [2.05, 4.69) is 48.1 Å². The Morgan fingerprint density at radius 2 is 1.53 bits per heavy atom. The molecule has 38 heavy (non-hydrogen) atoms. The first-order valence-corrected chi connectivity index (χ1v) is 15.4. The number of nitrogens with zero attached hydrogens (tertiary/aromatic N) is 1. The molecule has 5 heteroatoms. The zero-order valence-corrected chi connectivity index (χ0v) is 25.4. The van der Waals surface area contributed by atoms with E-state index in [1.54, 1.807) is 6.92 Å². The third kappa shape index (κ3) is 3.51. The number of amides is 1. The van der Waals surface area contributed by atoms with Crippen LogP contribution in [-0.4, -0.2) is 35.3 Å². The molecule has 0 heterocycles. The van der Waals surface area contributed by atoms with Crippen LogP contribution in [0.1, 0.15) is 113 Å². The minimum Gasteiger partial charge on any atom is -0.462 e. The molecule has 5 fully saturated rings. The number of carbonyl (C=O) groups excluding carboxylic acids is 2. The minimum atomic E-state index is -0.453. The summed E-state index contributed by atoms with van der Waals surface area (Å²) < 4.78 is 5.90. The monoisotopic (exact) mass is 527 g/mol. The quantitative estimate of drug-likeness (QED) is 0.179. The highest BCUT2D eigenvalue weighted by molar-refractivity contribution is 5.82. The van der Waals surface area contributed by atoms with E-state index in [-0.39, 0.29) is 45.6 Å². The predicted octanol–water partition coefficient (Wildman–Crippen LogP) is 7.42. The van der Waals surface area contributed by atoms with Crippen LogP contribution in [0, 0.1) is 56.7 Å². The van der Waals surface area contributed by atoms with E-state index >= 15 is 0 Å². The average Bonchev–Trinajstić information content (AvgIpc) is 3.22. The molecule has 0 bridgehead atoms. The van der Waals surface area contributed by atoms with Crippen LogP contribution in [0.15, 0.2) is 12.2 Å². The maximum atomic E-state index is 13.6. The van der Waals surface area contributed by atoms with E-state index in [1.165, 1.54) is 31.9 Å². The van der Waals surface area contributed by atoms with Gasteiger partial charge in [-0.15, -0.1) is 0 Å². The summed E-state index contributed by atoms with van der Waals surface area (Å²) >= 11 is 0. The van der Waals surface area contributed by atoms with Gasteiger partial charge in [-0.3, -0.25) is 14.8 Å². The number of hydrogen-bond donors (Lipinski definition) is 1. The summed E-state index contributed by atoms with van der Waals surface area (Å²) in [6, 6.07) is 0. The summed E-state index contributed by atoms with van der Waals surface area (Å²) in [6.45, 7) is 20.6. The Morgan fingerprint density at radius 3 is 2.13 bits per heavy atom. The molecular formula is C33H53NO4. The Morgan fingerprint density at radius 1 is 0.842 bits per heavy atom. The van der Waals surface area contributed by atoms with Crippen molar-refractivity contribution >= 4 is 11.9 Å². The molecule has 0 aromatic rings. The molecule has 1 N–H and O–H groups in total. The molecule has 0 aromatic carbocycles. The molecule has 0 saturated heterocycles. The Balaban J connectivity index is 1.53. The van der Waals surface area contributed by atoms with Crippen LogP contribution in [-0.2, 0) is 14.3 Å². The van der Waals surface area contributed by atoms with E-state index in [9.17, 15) is 14.8 Å². The molecule has 5 nitrogen and oxygen atoms in total. The van der Waals surface area contributed by atoms with Crippen molar-refractivity contribution in [3.63, 3.8) is 0 Å². The highest BCUT2D eigenvalue weighted by atomic mass is 16.5. The lowest BCUT2D eigenvalue weighted by molar-refractivity contribution is -0.251. The Labute approximate surface area is 231 Å². The standard InChI is InChI=1S/C33H53NO4/c1-20(2)22-12-17-33(28(36)34(9)37)19-18-31(7)23(27(22)33)10-11-25-30(6)15-14-26(38-21(3)35)29(4,5)24(30)13-16-32(25,31)8/h22-27,37H,1,10-19H2,2-9H3/t22-,23+,24-,25+,26-,27+,30-,31+,32+,33-/m0/s1. The first kappa shape index (κ1) is 28.2. The summed E-state index contributed by atoms with van der Waals surface area (Å²) in [4.78, 5) is 25.6. The molecule has 0 aromatic heterocycles. The SMILES string of the molecule is C=C(C)[C@@H]1CC[C@]2(C(=O)N(C)O)CC[C@]3(C)[C@H](CC[C@@H]4[C@@]5(C)CC[C@H](OC(C)=O)C(C)(C)[C@@H]5CC[C@]43C)[C@@H]12. The average molecular weight is 528 g/mol. The maximum Gasteiger partial charge on any atom is 0.302 e. The molecule has 1 amide bonds. The van der Waals surface area contributed by atoms with Crippen LogP contribution in [0.4, 0.5) is 0 Å². The lowest BCUT2D eigenvalue weighted by Crippen LogP contribution is -2.67. The van der Waals surface area contributed by atoms with Crippen molar-refractivity contribution in [2.75, 3.05) is 7.05 Å². The molecule has 0 spiro atoms. The maximum absolute atomic E-state index is 13.6. The molecule has 214 valence electrons. The first-order chi connectivity index (χ1) is 17.6. The van der Waals surface area contributed by atoms with Crippen molar-refractivity contribution in [2.24, 2.45) is 56.7 Å².